The number of ketones is 1. The van der Waals surface area contributed by atoms with Crippen LogP contribution in [0.15, 0.2) is 45.2 Å². The summed E-state index contributed by atoms with van der Waals surface area (Å²) >= 11 is 0. The van der Waals surface area contributed by atoms with Gasteiger partial charge in [0.05, 0.1) is 6.61 Å². The number of amidine groups is 2. The first-order chi connectivity index (χ1) is 10.9. The van der Waals surface area contributed by atoms with Crippen molar-refractivity contribution in [1.82, 2.24) is 5.06 Å². The Morgan fingerprint density at radius 3 is 2.70 bits per heavy atom. The molecule has 0 aromatic rings. The van der Waals surface area contributed by atoms with Crippen LogP contribution in [-0.2, 0) is 9.53 Å². The molecule has 2 rings (SSSR count). The molecule has 23 heavy (non-hydrogen) atoms. The maximum absolute atomic E-state index is 11.9. The number of hydrogen-bond donors (Lipinski definition) is 1. The summed E-state index contributed by atoms with van der Waals surface area (Å²) in [7, 11) is 0. The highest BCUT2D eigenvalue weighted by molar-refractivity contribution is 6.06. The SMILES string of the molecule is CCOCCC1=N/C(=C2/C=CC(=O)C(C(C)C)=C2)N(O)C(C)=N1. The van der Waals surface area contributed by atoms with Gasteiger partial charge in [0.15, 0.2) is 11.6 Å². The van der Waals surface area contributed by atoms with Crippen LogP contribution in [0.5, 0.6) is 0 Å². The van der Waals surface area contributed by atoms with Crippen LogP contribution in [0.2, 0.25) is 0 Å². The van der Waals surface area contributed by atoms with E-state index in [1.807, 2.05) is 20.8 Å². The highest BCUT2D eigenvalue weighted by Gasteiger charge is 2.23. The third-order valence-corrected chi connectivity index (χ3v) is 3.60. The third-order valence-electron chi connectivity index (χ3n) is 3.60. The van der Waals surface area contributed by atoms with E-state index in [1.54, 1.807) is 19.1 Å². The summed E-state index contributed by atoms with van der Waals surface area (Å²) in [5, 5.41) is 11.2. The Bertz CT molecular complexity index is 639. The molecule has 0 amide bonds. The fourth-order valence-corrected chi connectivity index (χ4v) is 2.33. The molecule has 2 aliphatic rings. The molecule has 124 valence electrons. The van der Waals surface area contributed by atoms with Gasteiger partial charge in [-0.25, -0.2) is 9.98 Å². The molecule has 0 saturated carbocycles. The minimum Gasteiger partial charge on any atom is -0.381 e. The van der Waals surface area contributed by atoms with E-state index in [0.717, 1.165) is 5.06 Å². The zero-order valence-corrected chi connectivity index (χ0v) is 14.0. The number of carbonyl (C=O) groups excluding carboxylic acids is 1. The summed E-state index contributed by atoms with van der Waals surface area (Å²) in [5.74, 6) is 1.53. The third kappa shape index (κ3) is 4.03. The fourth-order valence-electron chi connectivity index (χ4n) is 2.33. The largest absolute Gasteiger partial charge is 0.381 e. The topological polar surface area (TPSA) is 74.5 Å². The number of aliphatic imine (C=N–C) groups is 2. The van der Waals surface area contributed by atoms with Crippen LogP contribution in [0.4, 0.5) is 0 Å². The van der Waals surface area contributed by atoms with Gasteiger partial charge < -0.3 is 4.74 Å². The molecule has 6 nitrogen and oxygen atoms in total. The molecular weight excluding hydrogens is 294 g/mol. The summed E-state index contributed by atoms with van der Waals surface area (Å²) in [6.07, 6.45) is 5.55. The van der Waals surface area contributed by atoms with E-state index >= 15 is 0 Å². The zero-order valence-electron chi connectivity index (χ0n) is 14.0. The van der Waals surface area contributed by atoms with Gasteiger partial charge in [-0.05, 0) is 38.0 Å². The van der Waals surface area contributed by atoms with Crippen molar-refractivity contribution in [3.05, 3.63) is 35.2 Å². The summed E-state index contributed by atoms with van der Waals surface area (Å²) in [6.45, 7) is 8.74. The van der Waals surface area contributed by atoms with E-state index in [1.165, 1.54) is 6.08 Å². The van der Waals surface area contributed by atoms with E-state index < -0.39 is 0 Å². The number of hydrogen-bond acceptors (Lipinski definition) is 6. The van der Waals surface area contributed by atoms with E-state index in [4.69, 9.17) is 4.74 Å². The van der Waals surface area contributed by atoms with Gasteiger partial charge in [0, 0.05) is 24.2 Å². The summed E-state index contributed by atoms with van der Waals surface area (Å²) in [4.78, 5) is 20.6. The Balaban J connectivity index is 2.37. The van der Waals surface area contributed by atoms with Crippen LogP contribution in [-0.4, -0.2) is 40.9 Å². The summed E-state index contributed by atoms with van der Waals surface area (Å²) in [6, 6.07) is 0. The first kappa shape index (κ1) is 17.3. The van der Waals surface area contributed by atoms with Crippen molar-refractivity contribution in [2.45, 2.75) is 34.1 Å². The molecule has 0 fully saturated rings. The van der Waals surface area contributed by atoms with Crippen molar-refractivity contribution in [3.8, 4) is 0 Å². The van der Waals surface area contributed by atoms with Gasteiger partial charge in [-0.15, -0.1) is 0 Å². The normalized spacial score (nSPS) is 21.6. The summed E-state index contributed by atoms with van der Waals surface area (Å²) < 4.78 is 5.33. The highest BCUT2D eigenvalue weighted by Crippen LogP contribution is 2.25. The standard InChI is InChI=1S/C17H23N3O3/c1-5-23-9-8-16-18-12(4)20(22)17(19-16)13-6-7-15(21)14(10-13)11(2)3/h6-7,10-11,22H,5,8-9H2,1-4H3/b17-13+. The Hall–Kier alpha value is -2.05. The quantitative estimate of drug-likeness (QED) is 0.791. The van der Waals surface area contributed by atoms with Gasteiger partial charge in [-0.2, -0.15) is 5.06 Å². The van der Waals surface area contributed by atoms with Crippen molar-refractivity contribution in [2.24, 2.45) is 15.9 Å². The minimum absolute atomic E-state index is 0.00409. The lowest BCUT2D eigenvalue weighted by Crippen LogP contribution is -2.30. The van der Waals surface area contributed by atoms with Crippen LogP contribution in [0.3, 0.4) is 0 Å². The molecule has 0 atom stereocenters. The van der Waals surface area contributed by atoms with Gasteiger partial charge in [0.25, 0.3) is 0 Å². The molecule has 6 heteroatoms. The Morgan fingerprint density at radius 2 is 2.04 bits per heavy atom. The number of carbonyl (C=O) groups is 1. The van der Waals surface area contributed by atoms with Crippen molar-refractivity contribution < 1.29 is 14.7 Å². The molecule has 1 aliphatic heterocycles. The first-order valence-electron chi connectivity index (χ1n) is 7.82. The second kappa shape index (κ2) is 7.48. The van der Waals surface area contributed by atoms with E-state index in [2.05, 4.69) is 9.98 Å². The minimum atomic E-state index is -0.00409. The average Bonchev–Trinajstić information content (AvgIpc) is 2.51. The van der Waals surface area contributed by atoms with E-state index in [9.17, 15) is 10.0 Å². The molecular formula is C17H23N3O3. The maximum atomic E-state index is 11.9. The van der Waals surface area contributed by atoms with Crippen LogP contribution in [0.1, 0.15) is 34.1 Å². The van der Waals surface area contributed by atoms with Gasteiger partial charge >= 0.3 is 0 Å². The molecule has 0 radical (unpaired) electrons. The second-order valence-corrected chi connectivity index (χ2v) is 5.68. The molecule has 1 aliphatic carbocycles. The Kier molecular flexibility index (Phi) is 5.63. The second-order valence-electron chi connectivity index (χ2n) is 5.68. The van der Waals surface area contributed by atoms with Crippen molar-refractivity contribution in [2.75, 3.05) is 13.2 Å². The van der Waals surface area contributed by atoms with Crippen molar-refractivity contribution in [3.63, 3.8) is 0 Å². The molecule has 1 N–H and O–H groups in total. The number of rotatable bonds is 5. The first-order valence-corrected chi connectivity index (χ1v) is 7.82. The van der Waals surface area contributed by atoms with Crippen LogP contribution >= 0.6 is 0 Å². The van der Waals surface area contributed by atoms with Crippen LogP contribution in [0, 0.1) is 5.92 Å². The molecule has 1 heterocycles. The van der Waals surface area contributed by atoms with Crippen molar-refractivity contribution >= 4 is 17.5 Å². The van der Waals surface area contributed by atoms with Crippen LogP contribution in [0.25, 0.3) is 0 Å². The smallest absolute Gasteiger partial charge is 0.182 e. The highest BCUT2D eigenvalue weighted by atomic mass is 16.5. The molecule has 0 aromatic heterocycles. The van der Waals surface area contributed by atoms with Crippen molar-refractivity contribution in [1.29, 1.82) is 0 Å². The van der Waals surface area contributed by atoms with Gasteiger partial charge in [0.1, 0.15) is 11.7 Å². The van der Waals surface area contributed by atoms with E-state index in [0.29, 0.717) is 48.3 Å². The molecule has 0 spiro atoms. The molecule has 0 aromatic carbocycles. The van der Waals surface area contributed by atoms with Gasteiger partial charge in [0.2, 0.25) is 0 Å². The number of hydroxylamine groups is 2. The average molecular weight is 317 g/mol. The number of nitrogens with zero attached hydrogens (tertiary/aromatic N) is 3. The van der Waals surface area contributed by atoms with Gasteiger partial charge in [-0.3, -0.25) is 10.0 Å². The molecule has 0 unspecified atom stereocenters. The monoisotopic (exact) mass is 317 g/mol. The zero-order chi connectivity index (χ0) is 17.0. The predicted molar refractivity (Wildman–Crippen MR) is 89.4 cm³/mol. The lowest BCUT2D eigenvalue weighted by molar-refractivity contribution is -0.111. The lowest BCUT2D eigenvalue weighted by Gasteiger charge is -2.24. The van der Waals surface area contributed by atoms with Crippen LogP contribution < -0.4 is 0 Å². The van der Waals surface area contributed by atoms with Gasteiger partial charge in [-0.1, -0.05) is 13.8 Å². The Labute approximate surface area is 136 Å². The lowest BCUT2D eigenvalue weighted by atomic mass is 9.92. The maximum Gasteiger partial charge on any atom is 0.182 e. The summed E-state index contributed by atoms with van der Waals surface area (Å²) in [5.41, 5.74) is 1.40. The number of ether oxygens (including phenoxy) is 1. The fraction of sp³-hybridized carbons (Fsp3) is 0.471. The van der Waals surface area contributed by atoms with E-state index in [-0.39, 0.29) is 11.7 Å². The molecule has 0 bridgehead atoms. The number of allylic oxidation sites excluding steroid dienone is 5. The molecule has 0 saturated heterocycles. The predicted octanol–water partition coefficient (Wildman–Crippen LogP) is 2.87. The Morgan fingerprint density at radius 1 is 1.30 bits per heavy atom.